The zero-order valence-electron chi connectivity index (χ0n) is 24.3. The second kappa shape index (κ2) is 12.7. The summed E-state index contributed by atoms with van der Waals surface area (Å²) in [5.41, 5.74) is 1.02. The number of hydrogen-bond acceptors (Lipinski definition) is 4. The Balaban J connectivity index is 1.23. The molecule has 2 aliphatic heterocycles. The normalized spacial score (nSPS) is 19.4. The Morgan fingerprint density at radius 3 is 1.90 bits per heavy atom. The fourth-order valence-corrected chi connectivity index (χ4v) is 11.3. The molecule has 0 saturated carbocycles. The van der Waals surface area contributed by atoms with E-state index < -0.39 is 8.32 Å². The van der Waals surface area contributed by atoms with Crippen molar-refractivity contribution in [1.29, 1.82) is 0 Å². The number of benzene rings is 3. The first-order valence-corrected chi connectivity index (χ1v) is 16.8. The molecule has 6 heteroatoms. The highest BCUT2D eigenvalue weighted by atomic mass is 28.4. The van der Waals surface area contributed by atoms with Gasteiger partial charge in [0.1, 0.15) is 6.61 Å². The summed E-state index contributed by atoms with van der Waals surface area (Å²) in [6.07, 6.45) is 4.20. The Bertz CT molecular complexity index is 1170. The van der Waals surface area contributed by atoms with Crippen LogP contribution < -0.4 is 10.4 Å². The van der Waals surface area contributed by atoms with Crippen molar-refractivity contribution in [2.75, 3.05) is 26.2 Å². The van der Waals surface area contributed by atoms with E-state index in [4.69, 9.17) is 9.16 Å². The van der Waals surface area contributed by atoms with Crippen LogP contribution >= 0.6 is 0 Å². The molecule has 5 nitrogen and oxygen atoms in total. The summed E-state index contributed by atoms with van der Waals surface area (Å²) in [6.45, 7) is 10.9. The van der Waals surface area contributed by atoms with Crippen molar-refractivity contribution in [3.05, 3.63) is 96.6 Å². The maximum absolute atomic E-state index is 12.8. The second-order valence-electron chi connectivity index (χ2n) is 12.3. The van der Waals surface area contributed by atoms with Gasteiger partial charge in [0, 0.05) is 38.3 Å². The molecule has 0 spiro atoms. The smallest absolute Gasteiger partial charge is 0.410 e. The molecule has 40 heavy (non-hydrogen) atoms. The summed E-state index contributed by atoms with van der Waals surface area (Å²) in [6, 6.07) is 32.2. The first-order chi connectivity index (χ1) is 19.4. The number of carbonyl (C=O) groups excluding carboxylic acids is 1. The van der Waals surface area contributed by atoms with Gasteiger partial charge in [0.05, 0.1) is 0 Å². The molecule has 3 aromatic rings. The van der Waals surface area contributed by atoms with Crippen LogP contribution in [0.2, 0.25) is 5.04 Å². The predicted octanol–water partition coefficient (Wildman–Crippen LogP) is 5.83. The van der Waals surface area contributed by atoms with Crippen LogP contribution in [-0.2, 0) is 15.8 Å². The van der Waals surface area contributed by atoms with Crippen LogP contribution in [0.15, 0.2) is 91.0 Å². The van der Waals surface area contributed by atoms with Crippen LogP contribution in [0.25, 0.3) is 0 Å². The highest BCUT2D eigenvalue weighted by molar-refractivity contribution is 6.99. The van der Waals surface area contributed by atoms with Crippen LogP contribution in [0.3, 0.4) is 0 Å². The number of amides is 1. The van der Waals surface area contributed by atoms with E-state index in [0.717, 1.165) is 57.4 Å². The van der Waals surface area contributed by atoms with Gasteiger partial charge in [0.25, 0.3) is 8.32 Å². The van der Waals surface area contributed by atoms with E-state index >= 15 is 0 Å². The first-order valence-electron chi connectivity index (χ1n) is 14.9. The van der Waals surface area contributed by atoms with Crippen molar-refractivity contribution < 1.29 is 14.0 Å². The van der Waals surface area contributed by atoms with Crippen molar-refractivity contribution in [1.82, 2.24) is 9.80 Å². The minimum atomic E-state index is -2.55. The summed E-state index contributed by atoms with van der Waals surface area (Å²) in [7, 11) is -2.55. The molecule has 2 aliphatic rings. The summed E-state index contributed by atoms with van der Waals surface area (Å²) >= 11 is 0. The van der Waals surface area contributed by atoms with Gasteiger partial charge in [-0.2, -0.15) is 0 Å². The molecule has 0 bridgehead atoms. The molecule has 0 N–H and O–H groups in total. The van der Waals surface area contributed by atoms with Gasteiger partial charge in [-0.25, -0.2) is 4.79 Å². The predicted molar refractivity (Wildman–Crippen MR) is 165 cm³/mol. The third kappa shape index (κ3) is 6.35. The maximum atomic E-state index is 12.8. The van der Waals surface area contributed by atoms with Crippen LogP contribution in [-0.4, -0.2) is 62.5 Å². The van der Waals surface area contributed by atoms with E-state index in [1.807, 2.05) is 35.2 Å². The largest absolute Gasteiger partial charge is 0.445 e. The quantitative estimate of drug-likeness (QED) is 0.344. The van der Waals surface area contributed by atoms with E-state index in [1.165, 1.54) is 10.4 Å². The number of nitrogens with zero attached hydrogens (tertiary/aromatic N) is 2. The molecule has 212 valence electrons. The lowest BCUT2D eigenvalue weighted by atomic mass is 10.00. The van der Waals surface area contributed by atoms with Gasteiger partial charge in [-0.15, -0.1) is 0 Å². The topological polar surface area (TPSA) is 42.0 Å². The molecule has 3 aromatic carbocycles. The average molecular weight is 557 g/mol. The molecular weight excluding hydrogens is 512 g/mol. The molecule has 2 fully saturated rings. The lowest BCUT2D eigenvalue weighted by Crippen LogP contribution is -2.68. The zero-order valence-corrected chi connectivity index (χ0v) is 25.3. The van der Waals surface area contributed by atoms with Crippen LogP contribution in [0.4, 0.5) is 4.79 Å². The lowest BCUT2D eigenvalue weighted by molar-refractivity contribution is 0.0316. The van der Waals surface area contributed by atoms with Gasteiger partial charge in [-0.05, 0) is 46.7 Å². The van der Waals surface area contributed by atoms with E-state index in [2.05, 4.69) is 86.3 Å². The average Bonchev–Trinajstić information content (AvgIpc) is 3.00. The number of likely N-dealkylation sites (tertiary alicyclic amines) is 2. The molecule has 0 unspecified atom stereocenters. The van der Waals surface area contributed by atoms with Gasteiger partial charge in [-0.1, -0.05) is 112 Å². The van der Waals surface area contributed by atoms with Crippen molar-refractivity contribution in [2.45, 2.75) is 70.2 Å². The molecule has 5 rings (SSSR count). The summed E-state index contributed by atoms with van der Waals surface area (Å²) < 4.78 is 13.1. The van der Waals surface area contributed by atoms with Crippen LogP contribution in [0.5, 0.6) is 0 Å². The Labute approximate surface area is 241 Å². The number of piperidine rings is 2. The second-order valence-corrected chi connectivity index (χ2v) is 16.6. The Kier molecular flexibility index (Phi) is 9.09. The maximum Gasteiger partial charge on any atom is 0.410 e. The third-order valence-electron chi connectivity index (χ3n) is 8.61. The number of rotatable bonds is 7. The minimum absolute atomic E-state index is 0.0170. The van der Waals surface area contributed by atoms with Gasteiger partial charge in [0.15, 0.2) is 0 Å². The third-order valence-corrected chi connectivity index (χ3v) is 13.7. The fraction of sp³-hybridized carbons (Fsp3) is 0.441. The van der Waals surface area contributed by atoms with Gasteiger partial charge in [-0.3, -0.25) is 4.90 Å². The Morgan fingerprint density at radius 1 is 0.800 bits per heavy atom. The van der Waals surface area contributed by atoms with Crippen molar-refractivity contribution in [2.24, 2.45) is 0 Å². The summed E-state index contributed by atoms with van der Waals surface area (Å²) in [5, 5.41) is 2.66. The summed E-state index contributed by atoms with van der Waals surface area (Å²) in [5.74, 6) is 0. The molecule has 1 amide bonds. The van der Waals surface area contributed by atoms with Gasteiger partial charge >= 0.3 is 6.09 Å². The molecule has 2 heterocycles. The standard InChI is InChI=1S/C34H44N2O3Si/c1-34(2,3)40(31-17-9-5-10-18-31,32-19-11-6-12-20-32)39-30-21-24-35(25-22-30)29-16-13-23-36(26-29)33(37)38-27-28-14-7-4-8-15-28/h4-12,14-15,17-20,29-30H,13,16,21-27H2,1-3H3/t29-/m0/s1. The lowest BCUT2D eigenvalue weighted by Gasteiger charge is -2.48. The van der Waals surface area contributed by atoms with Crippen molar-refractivity contribution in [3.8, 4) is 0 Å². The molecule has 0 radical (unpaired) electrons. The number of hydrogen-bond donors (Lipinski definition) is 0. The van der Waals surface area contributed by atoms with Crippen molar-refractivity contribution in [3.63, 3.8) is 0 Å². The number of ether oxygens (including phenoxy) is 1. The SMILES string of the molecule is CC(C)(C)[Si](OC1CCN([C@H]2CCCN(C(=O)OCc3ccccc3)C2)CC1)(c1ccccc1)c1ccccc1. The van der Waals surface area contributed by atoms with E-state index in [1.54, 1.807) is 0 Å². The minimum Gasteiger partial charge on any atom is -0.445 e. The summed E-state index contributed by atoms with van der Waals surface area (Å²) in [4.78, 5) is 17.3. The van der Waals surface area contributed by atoms with E-state index in [-0.39, 0.29) is 17.2 Å². The van der Waals surface area contributed by atoms with Crippen LogP contribution in [0, 0.1) is 0 Å². The van der Waals surface area contributed by atoms with E-state index in [0.29, 0.717) is 12.6 Å². The monoisotopic (exact) mass is 556 g/mol. The molecule has 0 aromatic heterocycles. The molecule has 0 aliphatic carbocycles. The highest BCUT2D eigenvalue weighted by Gasteiger charge is 2.51. The highest BCUT2D eigenvalue weighted by Crippen LogP contribution is 2.38. The Morgan fingerprint density at radius 2 is 1.35 bits per heavy atom. The fourth-order valence-electron chi connectivity index (χ4n) is 6.53. The van der Waals surface area contributed by atoms with E-state index in [9.17, 15) is 4.79 Å². The Hall–Kier alpha value is -2.93. The number of carbonyl (C=O) groups is 1. The zero-order chi connectivity index (χ0) is 28.0. The van der Waals surface area contributed by atoms with Gasteiger partial charge < -0.3 is 14.1 Å². The molecule has 1 atom stereocenters. The van der Waals surface area contributed by atoms with Crippen LogP contribution in [0.1, 0.15) is 52.0 Å². The molecule has 2 saturated heterocycles. The first kappa shape index (κ1) is 28.6. The van der Waals surface area contributed by atoms with Gasteiger partial charge in [0.2, 0.25) is 0 Å². The van der Waals surface area contributed by atoms with Crippen molar-refractivity contribution >= 4 is 24.8 Å². The molecular formula is C34H44N2O3Si.